The number of aromatic nitrogens is 3. The number of hydrogen-bond acceptors (Lipinski definition) is 5. The number of carbonyl (C=O) groups excluding carboxylic acids is 1. The SMILES string of the molecule is Cc1cc(NC(=O)c2cccs2)n(-c2nc3ccc(F)cc3s2)n1. The summed E-state index contributed by atoms with van der Waals surface area (Å²) in [5, 5.41) is 9.67. The number of thiophene rings is 1. The van der Waals surface area contributed by atoms with Crippen molar-refractivity contribution < 1.29 is 9.18 Å². The molecule has 120 valence electrons. The number of benzene rings is 1. The highest BCUT2D eigenvalue weighted by Crippen LogP contribution is 2.28. The Balaban J connectivity index is 1.73. The summed E-state index contributed by atoms with van der Waals surface area (Å²) in [5.74, 6) is 0.0318. The molecule has 4 aromatic rings. The van der Waals surface area contributed by atoms with Gasteiger partial charge in [0.15, 0.2) is 0 Å². The number of nitrogens with one attached hydrogen (secondary N) is 1. The number of halogens is 1. The molecule has 3 heterocycles. The van der Waals surface area contributed by atoms with E-state index in [9.17, 15) is 9.18 Å². The van der Waals surface area contributed by atoms with Gasteiger partial charge >= 0.3 is 0 Å². The monoisotopic (exact) mass is 358 g/mol. The quantitative estimate of drug-likeness (QED) is 0.596. The lowest BCUT2D eigenvalue weighted by atomic mass is 10.3. The number of amides is 1. The zero-order valence-electron chi connectivity index (χ0n) is 12.5. The van der Waals surface area contributed by atoms with Crippen LogP contribution < -0.4 is 5.32 Å². The van der Waals surface area contributed by atoms with E-state index in [1.54, 1.807) is 22.9 Å². The highest BCUT2D eigenvalue weighted by atomic mass is 32.1. The van der Waals surface area contributed by atoms with Crippen LogP contribution >= 0.6 is 22.7 Å². The van der Waals surface area contributed by atoms with E-state index in [1.807, 2.05) is 18.4 Å². The maximum atomic E-state index is 13.4. The first kappa shape index (κ1) is 15.0. The lowest BCUT2D eigenvalue weighted by Crippen LogP contribution is -2.13. The summed E-state index contributed by atoms with van der Waals surface area (Å²) in [4.78, 5) is 17.4. The number of nitrogens with zero attached hydrogens (tertiary/aromatic N) is 3. The first-order valence-electron chi connectivity index (χ1n) is 7.08. The van der Waals surface area contributed by atoms with E-state index in [4.69, 9.17) is 0 Å². The Hall–Kier alpha value is -2.58. The van der Waals surface area contributed by atoms with Crippen LogP contribution in [0.5, 0.6) is 0 Å². The molecule has 0 bridgehead atoms. The third kappa shape index (κ3) is 2.70. The molecule has 3 aromatic heterocycles. The van der Waals surface area contributed by atoms with E-state index in [1.165, 1.54) is 34.8 Å². The molecule has 0 aliphatic rings. The van der Waals surface area contributed by atoms with Gasteiger partial charge in [0, 0.05) is 6.07 Å². The van der Waals surface area contributed by atoms with E-state index in [-0.39, 0.29) is 11.7 Å². The summed E-state index contributed by atoms with van der Waals surface area (Å²) in [5.41, 5.74) is 1.45. The van der Waals surface area contributed by atoms with Crippen molar-refractivity contribution in [1.82, 2.24) is 14.8 Å². The Labute approximate surface area is 144 Å². The van der Waals surface area contributed by atoms with Crippen molar-refractivity contribution >= 4 is 44.6 Å². The summed E-state index contributed by atoms with van der Waals surface area (Å²) in [6.07, 6.45) is 0. The van der Waals surface area contributed by atoms with Crippen LogP contribution in [0.4, 0.5) is 10.2 Å². The Morgan fingerprint density at radius 3 is 2.96 bits per heavy atom. The topological polar surface area (TPSA) is 59.8 Å². The standard InChI is InChI=1S/C16H11FN4OS2/c1-9-7-14(19-15(22)12-3-2-6-23-12)21(20-9)16-18-11-5-4-10(17)8-13(11)24-16/h2-8H,1H3,(H,19,22). The van der Waals surface area contributed by atoms with E-state index < -0.39 is 0 Å². The van der Waals surface area contributed by atoms with Gasteiger partial charge in [-0.05, 0) is 36.6 Å². The second-order valence-corrected chi connectivity index (χ2v) is 7.08. The lowest BCUT2D eigenvalue weighted by molar-refractivity contribution is 0.103. The van der Waals surface area contributed by atoms with Crippen molar-refractivity contribution in [1.29, 1.82) is 0 Å². The van der Waals surface area contributed by atoms with Gasteiger partial charge in [0.2, 0.25) is 5.13 Å². The largest absolute Gasteiger partial charge is 0.306 e. The van der Waals surface area contributed by atoms with Crippen LogP contribution in [-0.2, 0) is 0 Å². The molecule has 0 saturated carbocycles. The molecule has 0 saturated heterocycles. The number of rotatable bonds is 3. The maximum absolute atomic E-state index is 13.4. The molecule has 1 amide bonds. The Morgan fingerprint density at radius 1 is 1.29 bits per heavy atom. The average molecular weight is 358 g/mol. The molecule has 0 fully saturated rings. The van der Waals surface area contributed by atoms with Crippen LogP contribution in [0.1, 0.15) is 15.4 Å². The van der Waals surface area contributed by atoms with E-state index in [0.29, 0.717) is 21.3 Å². The molecule has 0 aliphatic carbocycles. The smallest absolute Gasteiger partial charge is 0.266 e. The number of anilines is 1. The van der Waals surface area contributed by atoms with Gasteiger partial charge in [0.05, 0.1) is 20.8 Å². The fourth-order valence-electron chi connectivity index (χ4n) is 2.30. The van der Waals surface area contributed by atoms with Gasteiger partial charge in [-0.1, -0.05) is 17.4 Å². The second-order valence-electron chi connectivity index (χ2n) is 5.12. The van der Waals surface area contributed by atoms with E-state index >= 15 is 0 Å². The van der Waals surface area contributed by atoms with Crippen molar-refractivity contribution in [2.24, 2.45) is 0 Å². The second kappa shape index (κ2) is 5.81. The molecular formula is C16H11FN4OS2. The molecule has 0 unspecified atom stereocenters. The van der Waals surface area contributed by atoms with Gasteiger partial charge in [-0.25, -0.2) is 9.37 Å². The molecule has 0 radical (unpaired) electrons. The molecule has 24 heavy (non-hydrogen) atoms. The fraction of sp³-hybridized carbons (Fsp3) is 0.0625. The van der Waals surface area contributed by atoms with Crippen LogP contribution in [0.2, 0.25) is 0 Å². The zero-order valence-corrected chi connectivity index (χ0v) is 14.1. The number of hydrogen-bond donors (Lipinski definition) is 1. The Bertz CT molecular complexity index is 1040. The van der Waals surface area contributed by atoms with Crippen LogP contribution in [0.3, 0.4) is 0 Å². The Morgan fingerprint density at radius 2 is 2.17 bits per heavy atom. The summed E-state index contributed by atoms with van der Waals surface area (Å²) in [6, 6.07) is 9.80. The molecule has 0 atom stereocenters. The predicted octanol–water partition coefficient (Wildman–Crippen LogP) is 4.24. The molecule has 1 N–H and O–H groups in total. The van der Waals surface area contributed by atoms with Crippen molar-refractivity contribution in [3.8, 4) is 5.13 Å². The van der Waals surface area contributed by atoms with Crippen molar-refractivity contribution in [2.75, 3.05) is 5.32 Å². The third-order valence-electron chi connectivity index (χ3n) is 3.34. The van der Waals surface area contributed by atoms with Gasteiger partial charge in [0.1, 0.15) is 11.6 Å². The fourth-order valence-corrected chi connectivity index (χ4v) is 3.87. The summed E-state index contributed by atoms with van der Waals surface area (Å²) >= 11 is 2.69. The van der Waals surface area contributed by atoms with E-state index in [0.717, 1.165) is 10.4 Å². The van der Waals surface area contributed by atoms with Gasteiger partial charge < -0.3 is 5.32 Å². The summed E-state index contributed by atoms with van der Waals surface area (Å²) in [6.45, 7) is 1.84. The predicted molar refractivity (Wildman–Crippen MR) is 93.7 cm³/mol. The van der Waals surface area contributed by atoms with Gasteiger partial charge in [-0.2, -0.15) is 9.78 Å². The minimum Gasteiger partial charge on any atom is -0.306 e. The highest BCUT2D eigenvalue weighted by molar-refractivity contribution is 7.20. The van der Waals surface area contributed by atoms with Crippen molar-refractivity contribution in [3.05, 3.63) is 58.2 Å². The molecule has 5 nitrogen and oxygen atoms in total. The highest BCUT2D eigenvalue weighted by Gasteiger charge is 2.16. The van der Waals surface area contributed by atoms with Crippen LogP contribution in [0.15, 0.2) is 41.8 Å². The number of thiazole rings is 1. The number of fused-ring (bicyclic) bond motifs is 1. The maximum Gasteiger partial charge on any atom is 0.266 e. The van der Waals surface area contributed by atoms with Gasteiger partial charge in [-0.15, -0.1) is 11.3 Å². The normalized spacial score (nSPS) is 11.1. The minimum atomic E-state index is -0.305. The molecule has 0 aliphatic heterocycles. The van der Waals surface area contributed by atoms with Gasteiger partial charge in [-0.3, -0.25) is 4.79 Å². The average Bonchev–Trinajstić information content (AvgIpc) is 3.25. The minimum absolute atomic E-state index is 0.196. The Kier molecular flexibility index (Phi) is 3.62. The molecule has 1 aromatic carbocycles. The number of aryl methyl sites for hydroxylation is 1. The lowest BCUT2D eigenvalue weighted by Gasteiger charge is -2.04. The summed E-state index contributed by atoms with van der Waals surface area (Å²) < 4.78 is 15.7. The van der Waals surface area contributed by atoms with E-state index in [2.05, 4.69) is 15.4 Å². The summed E-state index contributed by atoms with van der Waals surface area (Å²) in [7, 11) is 0. The van der Waals surface area contributed by atoms with Crippen LogP contribution in [-0.4, -0.2) is 20.7 Å². The molecule has 4 rings (SSSR count). The van der Waals surface area contributed by atoms with Crippen LogP contribution in [0, 0.1) is 12.7 Å². The first-order chi connectivity index (χ1) is 11.6. The number of carbonyl (C=O) groups is 1. The van der Waals surface area contributed by atoms with Crippen molar-refractivity contribution in [3.63, 3.8) is 0 Å². The molecule has 8 heteroatoms. The molecular weight excluding hydrogens is 347 g/mol. The van der Waals surface area contributed by atoms with Gasteiger partial charge in [0.25, 0.3) is 5.91 Å². The van der Waals surface area contributed by atoms with Crippen molar-refractivity contribution in [2.45, 2.75) is 6.92 Å². The third-order valence-corrected chi connectivity index (χ3v) is 5.20. The first-order valence-corrected chi connectivity index (χ1v) is 8.78. The molecule has 0 spiro atoms. The zero-order chi connectivity index (χ0) is 16.7. The van der Waals surface area contributed by atoms with Crippen LogP contribution in [0.25, 0.3) is 15.3 Å².